The summed E-state index contributed by atoms with van der Waals surface area (Å²) in [6, 6.07) is 7.56. The highest BCUT2D eigenvalue weighted by Gasteiger charge is 2.28. The third-order valence-corrected chi connectivity index (χ3v) is 5.16. The third kappa shape index (κ3) is 3.87. The van der Waals surface area contributed by atoms with E-state index in [4.69, 9.17) is 21.6 Å². The van der Waals surface area contributed by atoms with Gasteiger partial charge in [-0.15, -0.1) is 11.6 Å². The van der Waals surface area contributed by atoms with E-state index >= 15 is 0 Å². The van der Waals surface area contributed by atoms with Gasteiger partial charge in [0, 0.05) is 28.9 Å². The van der Waals surface area contributed by atoms with E-state index in [1.807, 2.05) is 36.5 Å². The molecule has 0 aliphatic carbocycles. The van der Waals surface area contributed by atoms with Gasteiger partial charge in [0.1, 0.15) is 23.5 Å². The zero-order chi connectivity index (χ0) is 21.3. The first kappa shape index (κ1) is 20.3. The maximum Gasteiger partial charge on any atom is 0.245 e. The molecular weight excluding hydrogens is 407 g/mol. The Morgan fingerprint density at radius 1 is 1.33 bits per heavy atom. The van der Waals surface area contributed by atoms with Gasteiger partial charge in [-0.25, -0.2) is 14.4 Å². The van der Waals surface area contributed by atoms with Crippen molar-refractivity contribution < 1.29 is 9.18 Å². The number of fused-ring (bicyclic) bond motifs is 2. The molecule has 7 nitrogen and oxygen atoms in total. The van der Waals surface area contributed by atoms with Crippen LogP contribution < -0.4 is 21.3 Å². The summed E-state index contributed by atoms with van der Waals surface area (Å²) in [5.41, 5.74) is 1.26. The fraction of sp³-hybridized carbons (Fsp3) is 0.333. The molecule has 3 heterocycles. The molecular formula is C21H22ClFN6O. The van der Waals surface area contributed by atoms with Crippen LogP contribution in [-0.4, -0.2) is 51.5 Å². The van der Waals surface area contributed by atoms with Crippen molar-refractivity contribution >= 4 is 40.3 Å². The lowest BCUT2D eigenvalue weighted by molar-refractivity contribution is -0.124. The summed E-state index contributed by atoms with van der Waals surface area (Å²) in [5, 5.41) is 7.23. The summed E-state index contributed by atoms with van der Waals surface area (Å²) in [7, 11) is 0. The number of para-hydroxylation sites is 1. The van der Waals surface area contributed by atoms with Crippen LogP contribution in [0, 0.1) is 0 Å². The van der Waals surface area contributed by atoms with Crippen LogP contribution in [0.2, 0.25) is 0 Å². The predicted octanol–water partition coefficient (Wildman–Crippen LogP) is 1.92. The molecule has 1 unspecified atom stereocenters. The molecule has 1 amide bonds. The predicted molar refractivity (Wildman–Crippen MR) is 116 cm³/mol. The number of anilines is 1. The first-order valence-corrected chi connectivity index (χ1v) is 10.1. The fourth-order valence-electron chi connectivity index (χ4n) is 3.35. The summed E-state index contributed by atoms with van der Waals surface area (Å²) < 4.78 is 12.5. The first-order valence-electron chi connectivity index (χ1n) is 9.66. The highest BCUT2D eigenvalue weighted by Crippen LogP contribution is 2.26. The third-order valence-electron chi connectivity index (χ3n) is 4.89. The summed E-state index contributed by atoms with van der Waals surface area (Å²) in [4.78, 5) is 29.5. The number of nitrogens with one attached hydrogen (secondary N) is 3. The average molecular weight is 429 g/mol. The number of aromatic nitrogens is 3. The second kappa shape index (κ2) is 8.02. The SMILES string of the molecule is CC(C)(Nc1nc(-c2c[nH]c3c2=CC(Cl)CN=3)nc2ccccc12)C(=O)NCCF. The number of halogens is 2. The van der Waals surface area contributed by atoms with E-state index < -0.39 is 12.2 Å². The van der Waals surface area contributed by atoms with Crippen LogP contribution in [0.5, 0.6) is 0 Å². The Bertz CT molecular complexity index is 1220. The molecule has 30 heavy (non-hydrogen) atoms. The van der Waals surface area contributed by atoms with Crippen molar-refractivity contribution in [1.29, 1.82) is 0 Å². The minimum Gasteiger partial charge on any atom is -0.356 e. The number of H-pyrrole nitrogens is 1. The molecule has 156 valence electrons. The number of amides is 1. The van der Waals surface area contributed by atoms with Crippen molar-refractivity contribution in [2.24, 2.45) is 4.99 Å². The van der Waals surface area contributed by atoms with Gasteiger partial charge in [-0.05, 0) is 26.0 Å². The Labute approximate surface area is 177 Å². The summed E-state index contributed by atoms with van der Waals surface area (Å²) in [6.07, 6.45) is 3.75. The molecule has 0 spiro atoms. The Kier molecular flexibility index (Phi) is 5.42. The molecule has 2 aromatic heterocycles. The van der Waals surface area contributed by atoms with E-state index in [9.17, 15) is 9.18 Å². The molecule has 3 N–H and O–H groups in total. The molecule has 0 saturated heterocycles. The van der Waals surface area contributed by atoms with Crippen LogP contribution in [0.25, 0.3) is 28.4 Å². The van der Waals surface area contributed by atoms with Gasteiger partial charge in [-0.2, -0.15) is 0 Å². The molecule has 1 aliphatic rings. The lowest BCUT2D eigenvalue weighted by Gasteiger charge is -2.26. The van der Waals surface area contributed by atoms with E-state index in [0.29, 0.717) is 18.2 Å². The van der Waals surface area contributed by atoms with Crippen LogP contribution in [-0.2, 0) is 4.79 Å². The molecule has 0 saturated carbocycles. The highest BCUT2D eigenvalue weighted by molar-refractivity contribution is 6.24. The quantitative estimate of drug-likeness (QED) is 0.523. The Morgan fingerprint density at radius 3 is 2.93 bits per heavy atom. The Morgan fingerprint density at radius 2 is 2.13 bits per heavy atom. The van der Waals surface area contributed by atoms with Gasteiger partial charge >= 0.3 is 0 Å². The molecule has 0 fully saturated rings. The summed E-state index contributed by atoms with van der Waals surface area (Å²) in [5.74, 6) is 0.688. The van der Waals surface area contributed by atoms with Gasteiger partial charge in [0.15, 0.2) is 5.82 Å². The van der Waals surface area contributed by atoms with E-state index in [-0.39, 0.29) is 17.8 Å². The van der Waals surface area contributed by atoms with Crippen molar-refractivity contribution in [3.63, 3.8) is 0 Å². The van der Waals surface area contributed by atoms with Gasteiger partial charge in [0.05, 0.1) is 17.4 Å². The monoisotopic (exact) mass is 428 g/mol. The molecule has 0 radical (unpaired) electrons. The van der Waals surface area contributed by atoms with Gasteiger partial charge < -0.3 is 15.6 Å². The van der Waals surface area contributed by atoms with E-state index in [0.717, 1.165) is 27.2 Å². The maximum atomic E-state index is 12.5. The Balaban J connectivity index is 1.81. The number of rotatable bonds is 6. The van der Waals surface area contributed by atoms with Gasteiger partial charge in [0.2, 0.25) is 5.91 Å². The molecule has 3 aromatic rings. The highest BCUT2D eigenvalue weighted by atomic mass is 35.5. The largest absolute Gasteiger partial charge is 0.356 e. The second-order valence-corrected chi connectivity index (χ2v) is 8.16. The number of alkyl halides is 2. The number of carbonyl (C=O) groups is 1. The fourth-order valence-corrected chi connectivity index (χ4v) is 3.54. The Hall–Kier alpha value is -3.00. The molecule has 1 aromatic carbocycles. The van der Waals surface area contributed by atoms with Crippen LogP contribution in [0.3, 0.4) is 0 Å². The van der Waals surface area contributed by atoms with Crippen molar-refractivity contribution in [3.8, 4) is 11.4 Å². The number of carbonyl (C=O) groups excluding carboxylic acids is 1. The van der Waals surface area contributed by atoms with Crippen molar-refractivity contribution in [1.82, 2.24) is 20.3 Å². The summed E-state index contributed by atoms with van der Waals surface area (Å²) in [6.45, 7) is 3.31. The van der Waals surface area contributed by atoms with E-state index in [1.165, 1.54) is 0 Å². The van der Waals surface area contributed by atoms with Gasteiger partial charge in [-0.3, -0.25) is 9.79 Å². The lowest BCUT2D eigenvalue weighted by atomic mass is 10.0. The number of aromatic amines is 1. The van der Waals surface area contributed by atoms with Gasteiger partial charge in [0.25, 0.3) is 0 Å². The van der Waals surface area contributed by atoms with E-state index in [2.05, 4.69) is 20.6 Å². The first-order chi connectivity index (χ1) is 14.4. The zero-order valence-corrected chi connectivity index (χ0v) is 17.4. The molecule has 9 heteroatoms. The number of hydrogen-bond acceptors (Lipinski definition) is 5. The minimum absolute atomic E-state index is 0.0336. The number of hydrogen-bond donors (Lipinski definition) is 3. The number of benzene rings is 1. The summed E-state index contributed by atoms with van der Waals surface area (Å²) >= 11 is 6.26. The molecule has 1 aliphatic heterocycles. The van der Waals surface area contributed by atoms with Crippen molar-refractivity contribution in [3.05, 3.63) is 41.2 Å². The normalized spacial score (nSPS) is 15.8. The van der Waals surface area contributed by atoms with Crippen molar-refractivity contribution in [2.75, 3.05) is 25.1 Å². The molecule has 1 atom stereocenters. The maximum absolute atomic E-state index is 12.5. The van der Waals surface area contributed by atoms with Crippen LogP contribution >= 0.6 is 11.6 Å². The molecule has 0 bridgehead atoms. The van der Waals surface area contributed by atoms with Crippen LogP contribution in [0.1, 0.15) is 13.8 Å². The van der Waals surface area contributed by atoms with E-state index in [1.54, 1.807) is 13.8 Å². The van der Waals surface area contributed by atoms with Crippen LogP contribution in [0.4, 0.5) is 10.2 Å². The van der Waals surface area contributed by atoms with Gasteiger partial charge in [-0.1, -0.05) is 18.2 Å². The lowest BCUT2D eigenvalue weighted by Crippen LogP contribution is -2.48. The second-order valence-electron chi connectivity index (χ2n) is 7.60. The van der Waals surface area contributed by atoms with Crippen LogP contribution in [0.15, 0.2) is 35.5 Å². The average Bonchev–Trinajstić information content (AvgIpc) is 3.14. The minimum atomic E-state index is -1.01. The standard InChI is InChI=1S/C21H22ClFN6O/c1-21(2,20(30)24-8-7-23)29-19-13-5-3-4-6-16(13)27-18(28-19)15-11-26-17-14(15)9-12(22)10-25-17/h3-6,9,11-12H,7-8,10H2,1-2H3,(H,24,30)(H,25,26)(H,27,28,29). The van der Waals surface area contributed by atoms with Crippen molar-refractivity contribution in [2.45, 2.75) is 24.8 Å². The number of nitrogens with zero attached hydrogens (tertiary/aromatic N) is 3. The molecule has 4 rings (SSSR count). The smallest absolute Gasteiger partial charge is 0.245 e. The topological polar surface area (TPSA) is 95.1 Å². The zero-order valence-electron chi connectivity index (χ0n) is 16.7.